The molecule has 40 heavy (non-hydrogen) atoms. The number of sulfone groups is 1. The van der Waals surface area contributed by atoms with Gasteiger partial charge in [-0.05, 0) is 90.0 Å². The number of hydrogen-bond donors (Lipinski definition) is 1. The van der Waals surface area contributed by atoms with Crippen LogP contribution in [0.15, 0.2) is 66.7 Å². The van der Waals surface area contributed by atoms with Gasteiger partial charge in [0.2, 0.25) is 5.91 Å². The van der Waals surface area contributed by atoms with E-state index in [1.807, 2.05) is 0 Å². The predicted octanol–water partition coefficient (Wildman–Crippen LogP) is 5.95. The van der Waals surface area contributed by atoms with Crippen molar-refractivity contribution in [1.82, 2.24) is 4.90 Å². The van der Waals surface area contributed by atoms with Gasteiger partial charge in [0.1, 0.15) is 15.7 Å². The third-order valence-electron chi connectivity index (χ3n) is 7.48. The minimum absolute atomic E-state index is 0.349. The van der Waals surface area contributed by atoms with E-state index in [0.29, 0.717) is 22.6 Å². The third kappa shape index (κ3) is 7.09. The maximum absolute atomic E-state index is 13.9. The topological polar surface area (TPSA) is 80.5 Å². The van der Waals surface area contributed by atoms with Gasteiger partial charge in [-0.15, -0.1) is 0 Å². The molecule has 3 aromatic rings. The molecule has 3 aromatic carbocycles. The van der Waals surface area contributed by atoms with Gasteiger partial charge in [-0.2, -0.15) is 13.2 Å². The zero-order valence-electron chi connectivity index (χ0n) is 22.3. The van der Waals surface area contributed by atoms with Crippen LogP contribution in [0, 0.1) is 11.7 Å². The molecule has 0 saturated carbocycles. The fraction of sp³-hybridized carbons (Fsp3) is 0.367. The zero-order valence-corrected chi connectivity index (χ0v) is 23.1. The number of carbonyl (C=O) groups is 1. The van der Waals surface area contributed by atoms with Crippen molar-refractivity contribution < 1.29 is 30.8 Å². The minimum Gasteiger partial charge on any atom is -0.369 e. The van der Waals surface area contributed by atoms with E-state index in [9.17, 15) is 30.8 Å². The molecule has 1 amide bonds. The van der Waals surface area contributed by atoms with Crippen molar-refractivity contribution in [2.24, 2.45) is 11.7 Å². The number of carbonyl (C=O) groups excluding carboxylic acids is 1. The summed E-state index contributed by atoms with van der Waals surface area (Å²) in [7, 11) is -3.58. The third-order valence-corrected chi connectivity index (χ3v) is 8.42. The number of piperidine rings is 1. The lowest BCUT2D eigenvalue weighted by Crippen LogP contribution is -2.37. The highest BCUT2D eigenvalue weighted by Crippen LogP contribution is 2.40. The number of nitrogens with two attached hydrogens (primary N) is 1. The quantitative estimate of drug-likeness (QED) is 0.337. The monoisotopic (exact) mass is 576 g/mol. The van der Waals surface area contributed by atoms with Gasteiger partial charge in [0.25, 0.3) is 0 Å². The predicted molar refractivity (Wildman–Crippen MR) is 147 cm³/mol. The van der Waals surface area contributed by atoms with Crippen molar-refractivity contribution in [2.75, 3.05) is 25.1 Å². The summed E-state index contributed by atoms with van der Waals surface area (Å²) in [6, 6.07) is 15.5. The summed E-state index contributed by atoms with van der Waals surface area (Å²) in [5.41, 5.74) is 7.69. The van der Waals surface area contributed by atoms with Crippen LogP contribution >= 0.6 is 0 Å². The molecule has 1 heterocycles. The first-order valence-corrected chi connectivity index (χ1v) is 15.1. The Morgan fingerprint density at radius 2 is 1.55 bits per heavy atom. The number of primary amides is 1. The Bertz CT molecular complexity index is 1450. The van der Waals surface area contributed by atoms with E-state index in [2.05, 4.69) is 11.8 Å². The highest BCUT2D eigenvalue weighted by Gasteiger charge is 2.32. The van der Waals surface area contributed by atoms with Crippen LogP contribution in [0.1, 0.15) is 54.0 Å². The molecule has 2 N–H and O–H groups in total. The second kappa shape index (κ2) is 11.7. The van der Waals surface area contributed by atoms with Gasteiger partial charge in [0.15, 0.2) is 0 Å². The SMILES string of the molecule is CC1CCN(C(c2ccc(F)cc2)c2ccc(C(CS(C)(=O)=O)C(N)=O)cc2-c2ccc(C(F)(F)F)cc2)CC1. The second-order valence-corrected chi connectivity index (χ2v) is 12.8. The van der Waals surface area contributed by atoms with E-state index < -0.39 is 45.0 Å². The Morgan fingerprint density at radius 3 is 2.08 bits per heavy atom. The van der Waals surface area contributed by atoms with Gasteiger partial charge >= 0.3 is 6.18 Å². The summed E-state index contributed by atoms with van der Waals surface area (Å²) in [6.07, 6.45) is -1.61. The van der Waals surface area contributed by atoms with Crippen molar-refractivity contribution in [1.29, 1.82) is 0 Å². The lowest BCUT2D eigenvalue weighted by atomic mass is 9.85. The van der Waals surface area contributed by atoms with Crippen LogP contribution in [0.4, 0.5) is 17.6 Å². The van der Waals surface area contributed by atoms with Gasteiger partial charge in [0, 0.05) is 6.26 Å². The van der Waals surface area contributed by atoms with E-state index in [4.69, 9.17) is 5.73 Å². The molecule has 1 fully saturated rings. The number of likely N-dealkylation sites (tertiary alicyclic amines) is 1. The molecule has 0 aliphatic carbocycles. The lowest BCUT2D eigenvalue weighted by molar-refractivity contribution is -0.137. The number of halogens is 4. The van der Waals surface area contributed by atoms with E-state index in [0.717, 1.165) is 55.4 Å². The summed E-state index contributed by atoms with van der Waals surface area (Å²) in [4.78, 5) is 14.6. The van der Waals surface area contributed by atoms with Crippen molar-refractivity contribution in [3.05, 3.63) is 94.8 Å². The van der Waals surface area contributed by atoms with Gasteiger partial charge in [-0.25, -0.2) is 12.8 Å². The summed E-state index contributed by atoms with van der Waals surface area (Å²) in [6.45, 7) is 3.70. The molecular weight excluding hydrogens is 544 g/mol. The Balaban J connectivity index is 1.92. The molecule has 1 aliphatic heterocycles. The molecule has 10 heteroatoms. The average molecular weight is 577 g/mol. The van der Waals surface area contributed by atoms with Gasteiger partial charge in [-0.1, -0.05) is 43.3 Å². The molecule has 2 unspecified atom stereocenters. The average Bonchev–Trinajstić information content (AvgIpc) is 2.89. The molecule has 0 spiro atoms. The first-order valence-electron chi connectivity index (χ1n) is 13.0. The summed E-state index contributed by atoms with van der Waals surface area (Å²) >= 11 is 0. The first kappa shape index (κ1) is 29.7. The molecule has 0 bridgehead atoms. The maximum atomic E-state index is 13.9. The normalized spacial score (nSPS) is 16.9. The molecule has 2 atom stereocenters. The summed E-state index contributed by atoms with van der Waals surface area (Å²) < 4.78 is 78.0. The summed E-state index contributed by atoms with van der Waals surface area (Å²) in [5.74, 6) is -2.32. The van der Waals surface area contributed by atoms with E-state index >= 15 is 0 Å². The summed E-state index contributed by atoms with van der Waals surface area (Å²) in [5, 5.41) is 0. The second-order valence-electron chi connectivity index (χ2n) is 10.6. The minimum atomic E-state index is -4.52. The van der Waals surface area contributed by atoms with Gasteiger partial charge < -0.3 is 5.73 Å². The Morgan fingerprint density at radius 1 is 0.975 bits per heavy atom. The zero-order chi connectivity index (χ0) is 29.2. The van der Waals surface area contributed by atoms with Crippen molar-refractivity contribution in [3.8, 4) is 11.1 Å². The number of amides is 1. The van der Waals surface area contributed by atoms with E-state index in [1.54, 1.807) is 30.3 Å². The largest absolute Gasteiger partial charge is 0.416 e. The Labute approximate surface area is 231 Å². The molecule has 1 aliphatic rings. The fourth-order valence-electron chi connectivity index (χ4n) is 5.28. The highest BCUT2D eigenvalue weighted by molar-refractivity contribution is 7.90. The molecule has 5 nitrogen and oxygen atoms in total. The molecule has 0 aromatic heterocycles. The van der Waals surface area contributed by atoms with Crippen LogP contribution in [0.5, 0.6) is 0 Å². The molecule has 1 saturated heterocycles. The standard InChI is InChI=1S/C30H32F4N2O3S/c1-19-13-15-36(16-14-19)28(21-5-10-24(31)11-6-21)25-12-7-22(27(29(35)37)18-40(2,38)39)17-26(25)20-3-8-23(9-4-20)30(32,33)34/h3-12,17,19,27-28H,13-16,18H2,1-2H3,(H2,35,37). The molecule has 0 radical (unpaired) electrons. The number of alkyl halides is 3. The van der Waals surface area contributed by atoms with Crippen LogP contribution in [0.25, 0.3) is 11.1 Å². The smallest absolute Gasteiger partial charge is 0.369 e. The lowest BCUT2D eigenvalue weighted by Gasteiger charge is -2.38. The van der Waals surface area contributed by atoms with Crippen molar-refractivity contribution in [2.45, 2.75) is 37.9 Å². The Hall–Kier alpha value is -3.24. The number of rotatable bonds is 8. The first-order chi connectivity index (χ1) is 18.7. The highest BCUT2D eigenvalue weighted by atomic mass is 32.2. The molecule has 4 rings (SSSR count). The maximum Gasteiger partial charge on any atom is 0.416 e. The van der Waals surface area contributed by atoms with E-state index in [-0.39, 0.29) is 6.04 Å². The van der Waals surface area contributed by atoms with Gasteiger partial charge in [-0.3, -0.25) is 9.69 Å². The van der Waals surface area contributed by atoms with Crippen LogP contribution in [0.2, 0.25) is 0 Å². The van der Waals surface area contributed by atoms with Crippen LogP contribution in [0.3, 0.4) is 0 Å². The molecular formula is C30H32F4N2O3S. The van der Waals surface area contributed by atoms with Crippen molar-refractivity contribution in [3.63, 3.8) is 0 Å². The number of nitrogens with zero attached hydrogens (tertiary/aromatic N) is 1. The van der Waals surface area contributed by atoms with Gasteiger partial charge in [0.05, 0.1) is 23.3 Å². The molecule has 214 valence electrons. The Kier molecular flexibility index (Phi) is 8.70. The van der Waals surface area contributed by atoms with Crippen LogP contribution in [-0.4, -0.2) is 44.3 Å². The fourth-order valence-corrected chi connectivity index (χ4v) is 6.24. The number of hydrogen-bond acceptors (Lipinski definition) is 4. The van der Waals surface area contributed by atoms with Crippen LogP contribution in [-0.2, 0) is 20.8 Å². The van der Waals surface area contributed by atoms with E-state index in [1.165, 1.54) is 24.3 Å². The van der Waals surface area contributed by atoms with Crippen LogP contribution < -0.4 is 5.73 Å². The van der Waals surface area contributed by atoms with Crippen molar-refractivity contribution >= 4 is 15.7 Å². The number of benzene rings is 3.